The van der Waals surface area contributed by atoms with Crippen LogP contribution in [0.15, 0.2) is 18.2 Å². The van der Waals surface area contributed by atoms with Crippen LogP contribution in [0.3, 0.4) is 0 Å². The third-order valence-corrected chi connectivity index (χ3v) is 5.77. The number of carbonyl (C=O) groups excluding carboxylic acids is 2. The number of fused-ring (bicyclic) bond motifs is 1. The number of thiophene rings is 1. The molecule has 1 atom stereocenters. The van der Waals surface area contributed by atoms with Crippen molar-refractivity contribution in [1.82, 2.24) is 5.32 Å². The number of rotatable bonds is 6. The molecule has 2 aromatic rings. The van der Waals surface area contributed by atoms with Crippen molar-refractivity contribution in [3.63, 3.8) is 0 Å². The predicted octanol–water partition coefficient (Wildman–Crippen LogP) is 3.59. The summed E-state index contributed by atoms with van der Waals surface area (Å²) in [4.78, 5) is 25.5. The van der Waals surface area contributed by atoms with Crippen LogP contribution in [0.25, 0.3) is 0 Å². The molecule has 0 fully saturated rings. The van der Waals surface area contributed by atoms with Gasteiger partial charge in [-0.15, -0.1) is 11.3 Å². The number of hydrogen-bond donors (Lipinski definition) is 2. The molecule has 2 N–H and O–H groups in total. The minimum atomic E-state index is -0.668. The maximum Gasteiger partial charge on any atom is 0.341 e. The van der Waals surface area contributed by atoms with Crippen molar-refractivity contribution in [1.29, 1.82) is 0 Å². The minimum absolute atomic E-state index is 0.0822. The number of anilines is 1. The molecule has 1 heterocycles. The SMILES string of the molecule is COC(=O)c1c(NC(=O)CN[C@@H](C)c2ccc(F)cc2F)sc2c1CCC2. The Morgan fingerprint density at radius 1 is 1.30 bits per heavy atom. The van der Waals surface area contributed by atoms with Gasteiger partial charge in [-0.3, -0.25) is 4.79 Å². The average Bonchev–Trinajstić information content (AvgIpc) is 3.19. The molecule has 1 aromatic carbocycles. The van der Waals surface area contributed by atoms with Crippen molar-refractivity contribution in [2.75, 3.05) is 19.0 Å². The number of halogens is 2. The highest BCUT2D eigenvalue weighted by molar-refractivity contribution is 7.17. The second-order valence-electron chi connectivity index (χ2n) is 6.37. The van der Waals surface area contributed by atoms with E-state index in [1.807, 2.05) is 0 Å². The molecule has 0 saturated carbocycles. The van der Waals surface area contributed by atoms with Crippen molar-refractivity contribution < 1.29 is 23.1 Å². The van der Waals surface area contributed by atoms with Crippen LogP contribution in [0.5, 0.6) is 0 Å². The summed E-state index contributed by atoms with van der Waals surface area (Å²) < 4.78 is 31.7. The van der Waals surface area contributed by atoms with Gasteiger partial charge < -0.3 is 15.4 Å². The Bertz CT molecular complexity index is 882. The van der Waals surface area contributed by atoms with Gasteiger partial charge in [0, 0.05) is 22.5 Å². The Kier molecular flexibility index (Phi) is 5.86. The van der Waals surface area contributed by atoms with Gasteiger partial charge in [-0.25, -0.2) is 13.6 Å². The topological polar surface area (TPSA) is 67.4 Å². The number of benzene rings is 1. The Hall–Kier alpha value is -2.32. The highest BCUT2D eigenvalue weighted by Gasteiger charge is 2.28. The first-order valence-electron chi connectivity index (χ1n) is 8.61. The zero-order valence-corrected chi connectivity index (χ0v) is 15.8. The van der Waals surface area contributed by atoms with Gasteiger partial charge in [0.05, 0.1) is 19.2 Å². The largest absolute Gasteiger partial charge is 0.465 e. The van der Waals surface area contributed by atoms with E-state index in [1.165, 1.54) is 30.6 Å². The lowest BCUT2D eigenvalue weighted by molar-refractivity contribution is -0.115. The maximum atomic E-state index is 13.8. The van der Waals surface area contributed by atoms with Gasteiger partial charge in [-0.1, -0.05) is 6.07 Å². The molecule has 1 amide bonds. The van der Waals surface area contributed by atoms with Crippen LogP contribution in [0.4, 0.5) is 13.8 Å². The van der Waals surface area contributed by atoms with Crippen LogP contribution in [-0.2, 0) is 22.4 Å². The lowest BCUT2D eigenvalue weighted by Gasteiger charge is -2.15. The van der Waals surface area contributed by atoms with Gasteiger partial charge in [-0.2, -0.15) is 0 Å². The van der Waals surface area contributed by atoms with E-state index in [2.05, 4.69) is 10.6 Å². The van der Waals surface area contributed by atoms with Gasteiger partial charge in [0.25, 0.3) is 0 Å². The zero-order chi connectivity index (χ0) is 19.6. The van der Waals surface area contributed by atoms with Crippen LogP contribution in [0.1, 0.15) is 45.7 Å². The van der Waals surface area contributed by atoms with E-state index in [4.69, 9.17) is 4.74 Å². The second kappa shape index (κ2) is 8.14. The fourth-order valence-corrected chi connectivity index (χ4v) is 4.48. The van der Waals surface area contributed by atoms with Gasteiger partial charge >= 0.3 is 5.97 Å². The highest BCUT2D eigenvalue weighted by atomic mass is 32.1. The molecule has 27 heavy (non-hydrogen) atoms. The second-order valence-corrected chi connectivity index (χ2v) is 7.47. The number of amides is 1. The maximum absolute atomic E-state index is 13.8. The molecule has 0 saturated heterocycles. The third-order valence-electron chi connectivity index (χ3n) is 4.56. The van der Waals surface area contributed by atoms with Crippen LogP contribution in [-0.4, -0.2) is 25.5 Å². The van der Waals surface area contributed by atoms with Gasteiger partial charge in [0.1, 0.15) is 16.6 Å². The molecule has 8 heteroatoms. The van der Waals surface area contributed by atoms with E-state index in [-0.39, 0.29) is 18.0 Å². The summed E-state index contributed by atoms with van der Waals surface area (Å²) in [6.07, 6.45) is 2.67. The Morgan fingerprint density at radius 3 is 2.78 bits per heavy atom. The third kappa shape index (κ3) is 4.17. The lowest BCUT2D eigenvalue weighted by Crippen LogP contribution is -2.30. The van der Waals surface area contributed by atoms with Crippen LogP contribution in [0, 0.1) is 11.6 Å². The molecule has 1 aliphatic rings. The van der Waals surface area contributed by atoms with Gasteiger partial charge in [-0.05, 0) is 37.8 Å². The molecule has 0 aliphatic heterocycles. The summed E-state index contributed by atoms with van der Waals surface area (Å²) in [5.41, 5.74) is 1.66. The minimum Gasteiger partial charge on any atom is -0.465 e. The quantitative estimate of drug-likeness (QED) is 0.735. The summed E-state index contributed by atoms with van der Waals surface area (Å²) in [6.45, 7) is 1.60. The van der Waals surface area contributed by atoms with Crippen molar-refractivity contribution in [2.45, 2.75) is 32.2 Å². The number of nitrogens with one attached hydrogen (secondary N) is 2. The Balaban J connectivity index is 1.65. The molecule has 144 valence electrons. The zero-order valence-electron chi connectivity index (χ0n) is 15.0. The molecule has 5 nitrogen and oxygen atoms in total. The molecular formula is C19H20F2N2O3S. The number of ether oxygens (including phenoxy) is 1. The Morgan fingerprint density at radius 2 is 2.07 bits per heavy atom. The summed E-state index contributed by atoms with van der Waals surface area (Å²) in [5, 5.41) is 6.14. The number of esters is 1. The van der Waals surface area contributed by atoms with Crippen molar-refractivity contribution >= 4 is 28.2 Å². The smallest absolute Gasteiger partial charge is 0.341 e. The van der Waals surface area contributed by atoms with Gasteiger partial charge in [0.15, 0.2) is 0 Å². The van der Waals surface area contributed by atoms with E-state index in [1.54, 1.807) is 6.92 Å². The number of hydrogen-bond acceptors (Lipinski definition) is 5. The summed E-state index contributed by atoms with van der Waals surface area (Å²) in [6, 6.07) is 2.85. The van der Waals surface area contributed by atoms with Crippen molar-refractivity contribution in [3.05, 3.63) is 51.4 Å². The fraction of sp³-hybridized carbons (Fsp3) is 0.368. The monoisotopic (exact) mass is 394 g/mol. The summed E-state index contributed by atoms with van der Waals surface area (Å²) >= 11 is 1.39. The van der Waals surface area contributed by atoms with E-state index in [0.29, 0.717) is 10.6 Å². The first kappa shape index (κ1) is 19.4. The number of carbonyl (C=O) groups is 2. The lowest BCUT2D eigenvalue weighted by atomic mass is 10.1. The molecule has 0 radical (unpaired) electrons. The molecular weight excluding hydrogens is 374 g/mol. The average molecular weight is 394 g/mol. The van der Waals surface area contributed by atoms with E-state index in [9.17, 15) is 18.4 Å². The van der Waals surface area contributed by atoms with E-state index < -0.39 is 23.6 Å². The van der Waals surface area contributed by atoms with Crippen LogP contribution < -0.4 is 10.6 Å². The molecule has 1 aromatic heterocycles. The number of methoxy groups -OCH3 is 1. The summed E-state index contributed by atoms with van der Waals surface area (Å²) in [7, 11) is 1.31. The van der Waals surface area contributed by atoms with Crippen molar-refractivity contribution in [3.8, 4) is 0 Å². The molecule has 0 spiro atoms. The standard InChI is InChI=1S/C19H20F2N2O3S/c1-10(12-7-6-11(20)8-14(12)21)22-9-16(24)23-18-17(19(25)26-2)13-4-3-5-15(13)27-18/h6-8,10,22H,3-5,9H2,1-2H3,(H,23,24)/t10-/m0/s1. The molecule has 0 unspecified atom stereocenters. The summed E-state index contributed by atoms with van der Waals surface area (Å²) in [5.74, 6) is -2.13. The molecule has 1 aliphatic carbocycles. The first-order chi connectivity index (χ1) is 12.9. The van der Waals surface area contributed by atoms with E-state index >= 15 is 0 Å². The van der Waals surface area contributed by atoms with Crippen LogP contribution >= 0.6 is 11.3 Å². The first-order valence-corrected chi connectivity index (χ1v) is 9.43. The van der Waals surface area contributed by atoms with Crippen LogP contribution in [0.2, 0.25) is 0 Å². The normalized spacial score (nSPS) is 13.9. The fourth-order valence-electron chi connectivity index (χ4n) is 3.19. The van der Waals surface area contributed by atoms with Gasteiger partial charge in [0.2, 0.25) is 5.91 Å². The highest BCUT2D eigenvalue weighted by Crippen LogP contribution is 2.39. The van der Waals surface area contributed by atoms with Crippen molar-refractivity contribution in [2.24, 2.45) is 0 Å². The number of aryl methyl sites for hydroxylation is 1. The van der Waals surface area contributed by atoms with E-state index in [0.717, 1.165) is 35.8 Å². The molecule has 0 bridgehead atoms. The Labute approximate surface area is 159 Å². The predicted molar refractivity (Wildman–Crippen MR) is 99.1 cm³/mol. The molecule has 3 rings (SSSR count).